The number of nitrogens with zero attached hydrogens (tertiary/aromatic N) is 4. The summed E-state index contributed by atoms with van der Waals surface area (Å²) in [5.74, 6) is 0.386. The van der Waals surface area contributed by atoms with E-state index in [-0.39, 0.29) is 0 Å². The molecule has 1 fully saturated rings. The highest BCUT2D eigenvalue weighted by molar-refractivity contribution is 5.93. The summed E-state index contributed by atoms with van der Waals surface area (Å²) in [6.45, 7) is 5.53. The summed E-state index contributed by atoms with van der Waals surface area (Å²) in [5, 5.41) is 0. The van der Waals surface area contributed by atoms with Gasteiger partial charge in [0.05, 0.1) is 0 Å². The van der Waals surface area contributed by atoms with E-state index >= 15 is 0 Å². The molecule has 22 heavy (non-hydrogen) atoms. The van der Waals surface area contributed by atoms with Crippen molar-refractivity contribution in [2.24, 2.45) is 5.73 Å². The molecule has 3 rings (SSSR count). The van der Waals surface area contributed by atoms with Gasteiger partial charge >= 0.3 is 0 Å². The zero-order valence-electron chi connectivity index (χ0n) is 12.6. The Morgan fingerprint density at radius 2 is 1.73 bits per heavy atom. The number of aromatic nitrogens is 2. The van der Waals surface area contributed by atoms with Crippen molar-refractivity contribution in [3.05, 3.63) is 47.9 Å². The van der Waals surface area contributed by atoms with Crippen LogP contribution in [0.2, 0.25) is 0 Å². The van der Waals surface area contributed by atoms with Crippen LogP contribution < -0.4 is 15.5 Å². The lowest BCUT2D eigenvalue weighted by Gasteiger charge is -2.36. The van der Waals surface area contributed by atoms with Crippen molar-refractivity contribution in [3.8, 4) is 0 Å². The standard InChI is InChI=1S/C16H19N5O/c1-12-10-14(3-5-18-12)20-6-8-21(9-7-20)15-11-13(16(17)22)2-4-19-15/h2-5,10-11H,6-9H2,1H3,(H2,17,22). The summed E-state index contributed by atoms with van der Waals surface area (Å²) in [6, 6.07) is 7.53. The molecule has 0 aromatic carbocycles. The number of rotatable bonds is 3. The molecule has 1 saturated heterocycles. The van der Waals surface area contributed by atoms with Gasteiger partial charge in [0.1, 0.15) is 5.82 Å². The van der Waals surface area contributed by atoms with E-state index in [0.29, 0.717) is 5.56 Å². The van der Waals surface area contributed by atoms with E-state index in [9.17, 15) is 4.79 Å². The second-order valence-electron chi connectivity index (χ2n) is 5.40. The topological polar surface area (TPSA) is 75.3 Å². The predicted molar refractivity (Wildman–Crippen MR) is 86.2 cm³/mol. The Bertz CT molecular complexity index is 680. The highest BCUT2D eigenvalue weighted by atomic mass is 16.1. The summed E-state index contributed by atoms with van der Waals surface area (Å²) in [4.78, 5) is 24.4. The lowest BCUT2D eigenvalue weighted by Crippen LogP contribution is -2.46. The Balaban J connectivity index is 1.69. The number of primary amides is 1. The highest BCUT2D eigenvalue weighted by Crippen LogP contribution is 2.19. The van der Waals surface area contributed by atoms with Gasteiger partial charge in [0.15, 0.2) is 0 Å². The first kappa shape index (κ1) is 14.3. The fourth-order valence-corrected chi connectivity index (χ4v) is 2.67. The quantitative estimate of drug-likeness (QED) is 0.921. The first-order valence-corrected chi connectivity index (χ1v) is 7.32. The van der Waals surface area contributed by atoms with E-state index < -0.39 is 5.91 Å². The van der Waals surface area contributed by atoms with Crippen molar-refractivity contribution in [2.45, 2.75) is 6.92 Å². The molecule has 6 heteroatoms. The van der Waals surface area contributed by atoms with Gasteiger partial charge in [-0.25, -0.2) is 4.98 Å². The molecule has 114 valence electrons. The van der Waals surface area contributed by atoms with E-state index in [1.165, 1.54) is 5.69 Å². The SMILES string of the molecule is Cc1cc(N2CCN(c3cc(C(N)=O)ccn3)CC2)ccn1. The molecule has 1 aliphatic rings. The van der Waals surface area contributed by atoms with Crippen molar-refractivity contribution in [1.29, 1.82) is 0 Å². The third kappa shape index (κ3) is 3.00. The molecule has 0 spiro atoms. The van der Waals surface area contributed by atoms with Crippen LogP contribution in [-0.2, 0) is 0 Å². The second kappa shape index (κ2) is 6.01. The molecule has 0 unspecified atom stereocenters. The van der Waals surface area contributed by atoms with Crippen LogP contribution in [0.5, 0.6) is 0 Å². The number of hydrogen-bond donors (Lipinski definition) is 1. The summed E-state index contributed by atoms with van der Waals surface area (Å²) >= 11 is 0. The predicted octanol–water partition coefficient (Wildman–Crippen LogP) is 1.21. The third-order valence-corrected chi connectivity index (χ3v) is 3.88. The summed E-state index contributed by atoms with van der Waals surface area (Å²) in [6.07, 6.45) is 3.48. The van der Waals surface area contributed by atoms with Gasteiger partial charge in [0.2, 0.25) is 5.91 Å². The van der Waals surface area contributed by atoms with Crippen LogP contribution in [0.25, 0.3) is 0 Å². The largest absolute Gasteiger partial charge is 0.368 e. The van der Waals surface area contributed by atoms with Crippen LogP contribution in [0, 0.1) is 6.92 Å². The van der Waals surface area contributed by atoms with E-state index in [2.05, 4.69) is 25.8 Å². The van der Waals surface area contributed by atoms with Crippen molar-refractivity contribution in [1.82, 2.24) is 9.97 Å². The number of carbonyl (C=O) groups excluding carboxylic acids is 1. The minimum absolute atomic E-state index is 0.422. The third-order valence-electron chi connectivity index (χ3n) is 3.88. The lowest BCUT2D eigenvalue weighted by molar-refractivity contribution is 0.1000. The van der Waals surface area contributed by atoms with E-state index in [4.69, 9.17) is 5.73 Å². The molecule has 2 N–H and O–H groups in total. The zero-order chi connectivity index (χ0) is 15.5. The molecule has 0 saturated carbocycles. The monoisotopic (exact) mass is 297 g/mol. The number of nitrogens with two attached hydrogens (primary N) is 1. The average molecular weight is 297 g/mol. The number of piperazine rings is 1. The Hall–Kier alpha value is -2.63. The number of anilines is 2. The van der Waals surface area contributed by atoms with Gasteiger partial charge in [-0.2, -0.15) is 0 Å². The van der Waals surface area contributed by atoms with Crippen LogP contribution in [-0.4, -0.2) is 42.1 Å². The Kier molecular flexibility index (Phi) is 3.91. The van der Waals surface area contributed by atoms with Gasteiger partial charge in [0.25, 0.3) is 0 Å². The lowest BCUT2D eigenvalue weighted by atomic mass is 10.2. The fourth-order valence-electron chi connectivity index (χ4n) is 2.67. The van der Waals surface area contributed by atoms with Gasteiger partial charge in [-0.05, 0) is 31.2 Å². The van der Waals surface area contributed by atoms with Gasteiger partial charge < -0.3 is 15.5 Å². The molecular formula is C16H19N5O. The van der Waals surface area contributed by atoms with Crippen molar-refractivity contribution in [3.63, 3.8) is 0 Å². The fraction of sp³-hybridized carbons (Fsp3) is 0.312. The minimum Gasteiger partial charge on any atom is -0.368 e. The van der Waals surface area contributed by atoms with Gasteiger partial charge in [-0.3, -0.25) is 9.78 Å². The zero-order valence-corrected chi connectivity index (χ0v) is 12.6. The molecule has 0 bridgehead atoms. The molecule has 0 aliphatic carbocycles. The number of carbonyl (C=O) groups is 1. The van der Waals surface area contributed by atoms with E-state index in [1.54, 1.807) is 18.3 Å². The Morgan fingerprint density at radius 3 is 2.41 bits per heavy atom. The summed E-state index contributed by atoms with van der Waals surface area (Å²) in [5.41, 5.74) is 8.05. The van der Waals surface area contributed by atoms with Gasteiger partial charge in [-0.1, -0.05) is 0 Å². The van der Waals surface area contributed by atoms with Crippen LogP contribution in [0.3, 0.4) is 0 Å². The average Bonchev–Trinajstić information content (AvgIpc) is 2.55. The maximum absolute atomic E-state index is 11.3. The normalized spacial score (nSPS) is 15.0. The molecule has 0 radical (unpaired) electrons. The molecule has 2 aromatic rings. The summed E-state index contributed by atoms with van der Waals surface area (Å²) in [7, 11) is 0. The minimum atomic E-state index is -0.422. The molecular weight excluding hydrogens is 278 g/mol. The maximum atomic E-state index is 11.3. The van der Waals surface area contributed by atoms with Crippen LogP contribution >= 0.6 is 0 Å². The molecule has 1 amide bonds. The number of aryl methyl sites for hydroxylation is 1. The molecule has 2 aromatic heterocycles. The van der Waals surface area contributed by atoms with Gasteiger partial charge in [-0.15, -0.1) is 0 Å². The van der Waals surface area contributed by atoms with Gasteiger partial charge in [0, 0.05) is 55.5 Å². The van der Waals surface area contributed by atoms with Crippen molar-refractivity contribution in [2.75, 3.05) is 36.0 Å². The van der Waals surface area contributed by atoms with E-state index in [0.717, 1.165) is 37.7 Å². The number of amides is 1. The maximum Gasteiger partial charge on any atom is 0.248 e. The molecule has 1 aliphatic heterocycles. The first-order valence-electron chi connectivity index (χ1n) is 7.32. The smallest absolute Gasteiger partial charge is 0.248 e. The van der Waals surface area contributed by atoms with Crippen LogP contribution in [0.4, 0.5) is 11.5 Å². The highest BCUT2D eigenvalue weighted by Gasteiger charge is 2.19. The Labute approximate surface area is 129 Å². The Morgan fingerprint density at radius 1 is 1.05 bits per heavy atom. The molecule has 0 atom stereocenters. The first-order chi connectivity index (χ1) is 10.6. The van der Waals surface area contributed by atoms with Crippen LogP contribution in [0.15, 0.2) is 36.7 Å². The molecule has 3 heterocycles. The summed E-state index contributed by atoms with van der Waals surface area (Å²) < 4.78 is 0. The second-order valence-corrected chi connectivity index (χ2v) is 5.40. The van der Waals surface area contributed by atoms with E-state index in [1.807, 2.05) is 19.2 Å². The van der Waals surface area contributed by atoms with Crippen molar-refractivity contribution >= 4 is 17.4 Å². The van der Waals surface area contributed by atoms with Crippen LogP contribution in [0.1, 0.15) is 16.1 Å². The number of hydrogen-bond acceptors (Lipinski definition) is 5. The number of pyridine rings is 2. The van der Waals surface area contributed by atoms with Crippen molar-refractivity contribution < 1.29 is 4.79 Å². The molecule has 6 nitrogen and oxygen atoms in total.